The van der Waals surface area contributed by atoms with Crippen molar-refractivity contribution < 1.29 is 14.3 Å². The van der Waals surface area contributed by atoms with E-state index in [1.54, 1.807) is 34.8 Å². The van der Waals surface area contributed by atoms with E-state index in [0.717, 1.165) is 11.1 Å². The fourth-order valence-corrected chi connectivity index (χ4v) is 3.17. The van der Waals surface area contributed by atoms with Crippen LogP contribution in [-0.4, -0.2) is 63.2 Å². The molecule has 2 aromatic rings. The molecule has 1 fully saturated rings. The molecule has 2 amide bonds. The minimum Gasteiger partial charge on any atom is -0.356 e. The van der Waals surface area contributed by atoms with Gasteiger partial charge in [0.1, 0.15) is 12.9 Å². The lowest BCUT2D eigenvalue weighted by Crippen LogP contribution is -2.53. The largest absolute Gasteiger partial charge is 0.356 e. The van der Waals surface area contributed by atoms with E-state index in [9.17, 15) is 9.59 Å². The number of nitrogens with zero attached hydrogens (tertiary/aromatic N) is 5. The second kappa shape index (κ2) is 7.25. The van der Waals surface area contributed by atoms with Gasteiger partial charge in [-0.2, -0.15) is 0 Å². The summed E-state index contributed by atoms with van der Waals surface area (Å²) in [6, 6.07) is 7.27. The molecule has 1 aromatic carbocycles. The summed E-state index contributed by atoms with van der Waals surface area (Å²) in [5.41, 5.74) is 1.92. The van der Waals surface area contributed by atoms with Crippen LogP contribution >= 0.6 is 0 Å². The van der Waals surface area contributed by atoms with Crippen molar-refractivity contribution >= 4 is 11.8 Å². The third-order valence-corrected chi connectivity index (χ3v) is 4.79. The molecule has 0 aliphatic carbocycles. The lowest BCUT2D eigenvalue weighted by atomic mass is 9.93. The lowest BCUT2D eigenvalue weighted by Gasteiger charge is -2.40. The number of carbonyl (C=O) groups excluding carboxylic acids is 2. The summed E-state index contributed by atoms with van der Waals surface area (Å²) in [5.74, 6) is 0.340. The van der Waals surface area contributed by atoms with Gasteiger partial charge < -0.3 is 19.1 Å². The Kier molecular flexibility index (Phi) is 5.03. The Morgan fingerprint density at radius 3 is 2.73 bits per heavy atom. The first kappa shape index (κ1) is 18.1. The molecule has 0 radical (unpaired) electrons. The van der Waals surface area contributed by atoms with Crippen molar-refractivity contribution in [2.75, 3.05) is 20.7 Å². The number of benzene rings is 1. The number of aryl methyl sites for hydroxylation is 2. The Hall–Kier alpha value is -2.74. The predicted molar refractivity (Wildman–Crippen MR) is 93.9 cm³/mol. The van der Waals surface area contributed by atoms with Crippen LogP contribution < -0.4 is 0 Å². The Morgan fingerprint density at radius 2 is 2.08 bits per heavy atom. The Labute approximate surface area is 152 Å². The zero-order valence-electron chi connectivity index (χ0n) is 15.4. The molecule has 26 heavy (non-hydrogen) atoms. The highest BCUT2D eigenvalue weighted by Crippen LogP contribution is 2.32. The van der Waals surface area contributed by atoms with E-state index in [1.165, 1.54) is 0 Å². The standard InChI is InChI=1S/C18H23N5O3/c1-12-7-5-6-8-13(12)16-17(26-10-15(24)23(16)4)18(25)21(2)9-14-20-19-11-22(14)3/h5-8,11,16-17H,9-10H2,1-4H3/t16-,17+/m1/s1. The number of ether oxygens (including phenoxy) is 1. The van der Waals surface area contributed by atoms with E-state index in [0.29, 0.717) is 12.4 Å². The van der Waals surface area contributed by atoms with Gasteiger partial charge in [0.25, 0.3) is 5.91 Å². The molecule has 0 unspecified atom stereocenters. The summed E-state index contributed by atoms with van der Waals surface area (Å²) in [6.07, 6.45) is 0.824. The van der Waals surface area contributed by atoms with Gasteiger partial charge in [-0.1, -0.05) is 24.3 Å². The summed E-state index contributed by atoms with van der Waals surface area (Å²) >= 11 is 0. The Balaban J connectivity index is 1.88. The van der Waals surface area contributed by atoms with Crippen LogP contribution in [0, 0.1) is 6.92 Å². The van der Waals surface area contributed by atoms with Crippen LogP contribution in [0.3, 0.4) is 0 Å². The highest BCUT2D eigenvalue weighted by Gasteiger charge is 2.41. The number of likely N-dealkylation sites (N-methyl/N-ethyl adjacent to an activating group) is 2. The van der Waals surface area contributed by atoms with Gasteiger partial charge in [0.2, 0.25) is 5.91 Å². The van der Waals surface area contributed by atoms with Crippen LogP contribution in [0.25, 0.3) is 0 Å². The number of morpholine rings is 1. The van der Waals surface area contributed by atoms with Crippen LogP contribution in [0.5, 0.6) is 0 Å². The molecule has 1 saturated heterocycles. The van der Waals surface area contributed by atoms with Crippen molar-refractivity contribution in [3.8, 4) is 0 Å². The van der Waals surface area contributed by atoms with Gasteiger partial charge in [-0.3, -0.25) is 9.59 Å². The molecule has 0 bridgehead atoms. The average Bonchev–Trinajstić information content (AvgIpc) is 3.02. The molecule has 1 aliphatic heterocycles. The number of hydrogen-bond donors (Lipinski definition) is 0. The minimum atomic E-state index is -0.767. The van der Waals surface area contributed by atoms with Crippen LogP contribution in [0.15, 0.2) is 30.6 Å². The van der Waals surface area contributed by atoms with Crippen molar-refractivity contribution in [3.63, 3.8) is 0 Å². The molecular formula is C18H23N5O3. The van der Waals surface area contributed by atoms with Gasteiger partial charge in [-0.25, -0.2) is 0 Å². The van der Waals surface area contributed by atoms with Crippen molar-refractivity contribution in [2.24, 2.45) is 7.05 Å². The second-order valence-electron chi connectivity index (χ2n) is 6.59. The van der Waals surface area contributed by atoms with E-state index in [-0.39, 0.29) is 18.4 Å². The van der Waals surface area contributed by atoms with Gasteiger partial charge in [0, 0.05) is 21.1 Å². The number of carbonyl (C=O) groups is 2. The molecule has 1 aliphatic rings. The summed E-state index contributed by atoms with van der Waals surface area (Å²) < 4.78 is 7.45. The monoisotopic (exact) mass is 357 g/mol. The van der Waals surface area contributed by atoms with Crippen LogP contribution in [0.2, 0.25) is 0 Å². The minimum absolute atomic E-state index is 0.104. The van der Waals surface area contributed by atoms with E-state index >= 15 is 0 Å². The van der Waals surface area contributed by atoms with E-state index in [4.69, 9.17) is 4.74 Å². The van der Waals surface area contributed by atoms with Crippen molar-refractivity contribution in [1.29, 1.82) is 0 Å². The summed E-state index contributed by atoms with van der Waals surface area (Å²) in [7, 11) is 5.24. The number of aromatic nitrogens is 3. The topological polar surface area (TPSA) is 80.6 Å². The van der Waals surface area contributed by atoms with Crippen LogP contribution in [0.1, 0.15) is 23.0 Å². The number of rotatable bonds is 4. The summed E-state index contributed by atoms with van der Waals surface area (Å²) in [4.78, 5) is 28.4. The molecular weight excluding hydrogens is 334 g/mol. The maximum Gasteiger partial charge on any atom is 0.254 e. The zero-order chi connectivity index (χ0) is 18.8. The number of hydrogen-bond acceptors (Lipinski definition) is 5. The van der Waals surface area contributed by atoms with Gasteiger partial charge >= 0.3 is 0 Å². The molecule has 2 atom stereocenters. The smallest absolute Gasteiger partial charge is 0.254 e. The normalized spacial score (nSPS) is 20.3. The third kappa shape index (κ3) is 3.32. The highest BCUT2D eigenvalue weighted by molar-refractivity contribution is 5.86. The van der Waals surface area contributed by atoms with Gasteiger partial charge in [-0.15, -0.1) is 10.2 Å². The molecule has 3 rings (SSSR count). The predicted octanol–water partition coefficient (Wildman–Crippen LogP) is 0.680. The molecule has 0 saturated carbocycles. The average molecular weight is 357 g/mol. The Morgan fingerprint density at radius 1 is 1.35 bits per heavy atom. The quantitative estimate of drug-likeness (QED) is 0.804. The zero-order valence-corrected chi connectivity index (χ0v) is 15.4. The molecule has 0 N–H and O–H groups in total. The van der Waals surface area contributed by atoms with Crippen molar-refractivity contribution in [3.05, 3.63) is 47.5 Å². The fourth-order valence-electron chi connectivity index (χ4n) is 3.17. The maximum atomic E-state index is 13.1. The summed E-state index contributed by atoms with van der Waals surface area (Å²) in [6.45, 7) is 2.17. The molecule has 8 nitrogen and oxygen atoms in total. The first-order valence-corrected chi connectivity index (χ1v) is 8.40. The van der Waals surface area contributed by atoms with Crippen molar-refractivity contribution in [2.45, 2.75) is 25.6 Å². The first-order chi connectivity index (χ1) is 12.4. The van der Waals surface area contributed by atoms with E-state index < -0.39 is 12.1 Å². The lowest BCUT2D eigenvalue weighted by molar-refractivity contribution is -0.167. The summed E-state index contributed by atoms with van der Waals surface area (Å²) in [5, 5.41) is 7.85. The van der Waals surface area contributed by atoms with Gasteiger partial charge in [0.05, 0.1) is 12.6 Å². The second-order valence-corrected chi connectivity index (χ2v) is 6.59. The Bertz CT molecular complexity index is 819. The highest BCUT2D eigenvalue weighted by atomic mass is 16.5. The molecule has 8 heteroatoms. The van der Waals surface area contributed by atoms with Crippen molar-refractivity contribution in [1.82, 2.24) is 24.6 Å². The maximum absolute atomic E-state index is 13.1. The van der Waals surface area contributed by atoms with E-state index in [2.05, 4.69) is 10.2 Å². The number of amides is 2. The SMILES string of the molecule is Cc1ccccc1[C@@H]1[C@@H](C(=O)N(C)Cc2nncn2C)OCC(=O)N1C. The fraction of sp³-hybridized carbons (Fsp3) is 0.444. The van der Waals surface area contributed by atoms with Crippen LogP contribution in [0.4, 0.5) is 0 Å². The van der Waals surface area contributed by atoms with Gasteiger partial charge in [-0.05, 0) is 18.1 Å². The van der Waals surface area contributed by atoms with Gasteiger partial charge in [0.15, 0.2) is 11.9 Å². The first-order valence-electron chi connectivity index (χ1n) is 8.40. The molecule has 138 valence electrons. The molecule has 2 heterocycles. The molecule has 0 spiro atoms. The van der Waals surface area contributed by atoms with Crippen LogP contribution in [-0.2, 0) is 27.9 Å². The molecule has 1 aromatic heterocycles. The van der Waals surface area contributed by atoms with E-state index in [1.807, 2.05) is 38.2 Å². The third-order valence-electron chi connectivity index (χ3n) is 4.79.